The molecule has 20 heavy (non-hydrogen) atoms. The van der Waals surface area contributed by atoms with Gasteiger partial charge in [0, 0.05) is 19.1 Å². The summed E-state index contributed by atoms with van der Waals surface area (Å²) in [5.41, 5.74) is 7.12. The van der Waals surface area contributed by atoms with E-state index < -0.39 is 10.0 Å². The van der Waals surface area contributed by atoms with Crippen molar-refractivity contribution in [2.75, 3.05) is 20.2 Å². The van der Waals surface area contributed by atoms with Crippen molar-refractivity contribution < 1.29 is 13.2 Å². The molecule has 0 aliphatic carbocycles. The number of nitrogens with zero attached hydrogens (tertiary/aromatic N) is 1. The summed E-state index contributed by atoms with van der Waals surface area (Å²) in [4.78, 5) is 0.388. The molecule has 1 unspecified atom stereocenters. The largest absolute Gasteiger partial charge is 0.497 e. The van der Waals surface area contributed by atoms with Crippen molar-refractivity contribution >= 4 is 10.0 Å². The molecule has 1 aromatic rings. The average Bonchev–Trinajstić information content (AvgIpc) is 2.86. The molecule has 0 amide bonds. The molecule has 1 aliphatic rings. The van der Waals surface area contributed by atoms with E-state index in [1.165, 1.54) is 0 Å². The molecule has 5 nitrogen and oxygen atoms in total. The van der Waals surface area contributed by atoms with E-state index in [9.17, 15) is 8.42 Å². The zero-order chi connectivity index (χ0) is 14.9. The summed E-state index contributed by atoms with van der Waals surface area (Å²) in [6.45, 7) is 4.52. The first-order chi connectivity index (χ1) is 9.41. The van der Waals surface area contributed by atoms with E-state index in [0.717, 1.165) is 12.8 Å². The van der Waals surface area contributed by atoms with Gasteiger partial charge in [0.25, 0.3) is 0 Å². The second-order valence-electron chi connectivity index (χ2n) is 5.24. The summed E-state index contributed by atoms with van der Waals surface area (Å²) in [5.74, 6) is 0.677. The highest BCUT2D eigenvalue weighted by Crippen LogP contribution is 2.31. The molecule has 1 heterocycles. The molecule has 1 saturated heterocycles. The van der Waals surface area contributed by atoms with E-state index >= 15 is 0 Å². The van der Waals surface area contributed by atoms with Crippen LogP contribution in [0.15, 0.2) is 17.0 Å². The fourth-order valence-electron chi connectivity index (χ4n) is 2.91. The molecule has 0 saturated carbocycles. The molecule has 1 aliphatic heterocycles. The molecule has 1 aromatic carbocycles. The van der Waals surface area contributed by atoms with Crippen LogP contribution in [0.2, 0.25) is 0 Å². The van der Waals surface area contributed by atoms with Gasteiger partial charge in [-0.15, -0.1) is 0 Å². The van der Waals surface area contributed by atoms with Gasteiger partial charge in [0.15, 0.2) is 0 Å². The number of methoxy groups -OCH3 is 1. The Balaban J connectivity index is 2.50. The van der Waals surface area contributed by atoms with E-state index in [4.69, 9.17) is 10.5 Å². The third-order valence-corrected chi connectivity index (χ3v) is 6.09. The Bertz CT molecular complexity index is 575. The lowest BCUT2D eigenvalue weighted by Crippen LogP contribution is -2.40. The number of sulfonamides is 1. The third-order valence-electron chi connectivity index (χ3n) is 3.83. The summed E-state index contributed by atoms with van der Waals surface area (Å²) in [6.07, 6.45) is 1.71. The monoisotopic (exact) mass is 298 g/mol. The third kappa shape index (κ3) is 2.55. The van der Waals surface area contributed by atoms with Gasteiger partial charge in [0.1, 0.15) is 5.75 Å². The molecule has 2 rings (SSSR count). The molecule has 1 fully saturated rings. The van der Waals surface area contributed by atoms with Gasteiger partial charge in [0.05, 0.1) is 12.0 Å². The first kappa shape index (κ1) is 15.3. The van der Waals surface area contributed by atoms with E-state index in [2.05, 4.69) is 0 Å². The number of aryl methyl sites for hydroxylation is 2. The highest BCUT2D eigenvalue weighted by atomic mass is 32.2. The second-order valence-corrected chi connectivity index (χ2v) is 7.07. The lowest BCUT2D eigenvalue weighted by molar-refractivity contribution is 0.392. The first-order valence-corrected chi connectivity index (χ1v) is 8.23. The number of rotatable bonds is 4. The van der Waals surface area contributed by atoms with Gasteiger partial charge in [-0.05, 0) is 49.9 Å². The Kier molecular flexibility index (Phi) is 4.36. The maximum Gasteiger partial charge on any atom is 0.243 e. The Hall–Kier alpha value is -1.11. The normalized spacial score (nSPS) is 20.3. The molecular formula is C14H22N2O3S. The van der Waals surface area contributed by atoms with Crippen molar-refractivity contribution in [3.05, 3.63) is 23.3 Å². The van der Waals surface area contributed by atoms with Gasteiger partial charge in [-0.2, -0.15) is 4.31 Å². The standard InChI is InChI=1S/C14H22N2O3S/c1-10-7-13(19-3)8-11(2)14(10)20(17,18)16-6-4-5-12(16)9-15/h7-8,12H,4-6,9,15H2,1-3H3. The number of ether oxygens (including phenoxy) is 1. The quantitative estimate of drug-likeness (QED) is 0.912. The fraction of sp³-hybridized carbons (Fsp3) is 0.571. The van der Waals surface area contributed by atoms with E-state index in [-0.39, 0.29) is 6.04 Å². The number of nitrogens with two attached hydrogens (primary N) is 1. The second kappa shape index (κ2) is 5.71. The van der Waals surface area contributed by atoms with Gasteiger partial charge in [-0.3, -0.25) is 0 Å². The molecular weight excluding hydrogens is 276 g/mol. The molecule has 0 bridgehead atoms. The van der Waals surface area contributed by atoms with Crippen LogP contribution in [0.4, 0.5) is 0 Å². The van der Waals surface area contributed by atoms with Crippen molar-refractivity contribution in [1.82, 2.24) is 4.31 Å². The van der Waals surface area contributed by atoms with Crippen LogP contribution in [0.25, 0.3) is 0 Å². The highest BCUT2D eigenvalue weighted by Gasteiger charge is 2.36. The summed E-state index contributed by atoms with van der Waals surface area (Å²) in [5, 5.41) is 0. The Morgan fingerprint density at radius 3 is 2.45 bits per heavy atom. The molecule has 1 atom stereocenters. The van der Waals surface area contributed by atoms with Gasteiger partial charge in [0.2, 0.25) is 10.0 Å². The highest BCUT2D eigenvalue weighted by molar-refractivity contribution is 7.89. The molecule has 6 heteroatoms. The summed E-state index contributed by atoms with van der Waals surface area (Å²) >= 11 is 0. The van der Waals surface area contributed by atoms with Crippen LogP contribution in [0.1, 0.15) is 24.0 Å². The summed E-state index contributed by atoms with van der Waals surface area (Å²) in [6, 6.07) is 3.43. The summed E-state index contributed by atoms with van der Waals surface area (Å²) < 4.78 is 32.5. The number of hydrogen-bond acceptors (Lipinski definition) is 4. The average molecular weight is 298 g/mol. The van der Waals surface area contributed by atoms with E-state index in [0.29, 0.717) is 34.9 Å². The van der Waals surface area contributed by atoms with E-state index in [1.54, 1.807) is 37.4 Å². The van der Waals surface area contributed by atoms with Gasteiger partial charge < -0.3 is 10.5 Å². The Morgan fingerprint density at radius 2 is 1.95 bits per heavy atom. The van der Waals surface area contributed by atoms with Gasteiger partial charge >= 0.3 is 0 Å². The van der Waals surface area contributed by atoms with E-state index in [1.807, 2.05) is 0 Å². The zero-order valence-electron chi connectivity index (χ0n) is 12.2. The molecule has 0 aromatic heterocycles. The maximum atomic E-state index is 12.9. The number of hydrogen-bond donors (Lipinski definition) is 1. The van der Waals surface area contributed by atoms with Crippen molar-refractivity contribution in [1.29, 1.82) is 0 Å². The van der Waals surface area contributed by atoms with Crippen LogP contribution >= 0.6 is 0 Å². The summed E-state index contributed by atoms with van der Waals surface area (Å²) in [7, 11) is -1.91. The SMILES string of the molecule is COc1cc(C)c(S(=O)(=O)N2CCCC2CN)c(C)c1. The van der Waals surface area contributed by atoms with Crippen LogP contribution in [0, 0.1) is 13.8 Å². The molecule has 2 N–H and O–H groups in total. The van der Waals surface area contributed by atoms with Gasteiger partial charge in [-0.1, -0.05) is 0 Å². The Morgan fingerprint density at radius 1 is 1.35 bits per heavy atom. The Labute approximate surface area is 120 Å². The van der Waals surface area contributed by atoms with Gasteiger partial charge in [-0.25, -0.2) is 8.42 Å². The molecule has 0 radical (unpaired) electrons. The van der Waals surface area contributed by atoms with Crippen LogP contribution in [0.5, 0.6) is 5.75 Å². The lowest BCUT2D eigenvalue weighted by Gasteiger charge is -2.25. The van der Waals surface area contributed by atoms with Crippen molar-refractivity contribution in [3.63, 3.8) is 0 Å². The smallest absolute Gasteiger partial charge is 0.243 e. The van der Waals surface area contributed by atoms with Crippen LogP contribution in [0.3, 0.4) is 0 Å². The first-order valence-electron chi connectivity index (χ1n) is 6.79. The van der Waals surface area contributed by atoms with Crippen LogP contribution in [-0.4, -0.2) is 39.0 Å². The fourth-order valence-corrected chi connectivity index (χ4v) is 5.03. The minimum atomic E-state index is -3.49. The lowest BCUT2D eigenvalue weighted by atomic mass is 10.1. The van der Waals surface area contributed by atoms with Crippen molar-refractivity contribution in [3.8, 4) is 5.75 Å². The zero-order valence-corrected chi connectivity index (χ0v) is 13.0. The molecule has 112 valence electrons. The minimum absolute atomic E-state index is 0.0825. The van der Waals surface area contributed by atoms with Crippen molar-refractivity contribution in [2.45, 2.75) is 37.6 Å². The topological polar surface area (TPSA) is 72.6 Å². The maximum absolute atomic E-state index is 12.9. The van der Waals surface area contributed by atoms with Crippen LogP contribution in [-0.2, 0) is 10.0 Å². The predicted molar refractivity (Wildman–Crippen MR) is 78.4 cm³/mol. The van der Waals surface area contributed by atoms with Crippen LogP contribution < -0.4 is 10.5 Å². The van der Waals surface area contributed by atoms with Crippen molar-refractivity contribution in [2.24, 2.45) is 5.73 Å². The predicted octanol–water partition coefficient (Wildman–Crippen LogP) is 1.42. The minimum Gasteiger partial charge on any atom is -0.497 e. The number of benzene rings is 1. The molecule has 0 spiro atoms.